The molecule has 2 aromatic carbocycles. The van der Waals surface area contributed by atoms with Crippen LogP contribution in [0.25, 0.3) is 0 Å². The lowest BCUT2D eigenvalue weighted by Crippen LogP contribution is -2.27. The molecule has 0 spiro atoms. The summed E-state index contributed by atoms with van der Waals surface area (Å²) < 4.78 is 69.1. The van der Waals surface area contributed by atoms with Crippen LogP contribution >= 0.6 is 0 Å². The quantitative estimate of drug-likeness (QED) is 0.752. The van der Waals surface area contributed by atoms with Gasteiger partial charge in [-0.2, -0.15) is 0 Å². The van der Waals surface area contributed by atoms with Crippen molar-refractivity contribution in [1.82, 2.24) is 4.31 Å². The molecular formula is C18H20FNO5S2. The van der Waals surface area contributed by atoms with Gasteiger partial charge < -0.3 is 4.74 Å². The molecule has 1 unspecified atom stereocenters. The summed E-state index contributed by atoms with van der Waals surface area (Å²) in [7, 11) is -5.74. The Balaban J connectivity index is 1.96. The topological polar surface area (TPSA) is 80.8 Å². The molecular weight excluding hydrogens is 393 g/mol. The second-order valence-corrected chi connectivity index (χ2v) is 10.4. The first-order valence-electron chi connectivity index (χ1n) is 8.26. The summed E-state index contributed by atoms with van der Waals surface area (Å²) in [5, 5.41) is 0. The van der Waals surface area contributed by atoms with Crippen molar-refractivity contribution in [2.45, 2.75) is 22.1 Å². The lowest BCUT2D eigenvalue weighted by molar-refractivity contribution is 0.403. The Morgan fingerprint density at radius 1 is 1.07 bits per heavy atom. The van der Waals surface area contributed by atoms with Crippen molar-refractivity contribution in [3.63, 3.8) is 0 Å². The van der Waals surface area contributed by atoms with Crippen LogP contribution in [0.2, 0.25) is 0 Å². The first-order chi connectivity index (χ1) is 12.6. The van der Waals surface area contributed by atoms with Crippen LogP contribution < -0.4 is 4.74 Å². The van der Waals surface area contributed by atoms with Crippen molar-refractivity contribution in [3.8, 4) is 5.75 Å². The molecule has 6 nitrogen and oxygen atoms in total. The molecule has 0 bridgehead atoms. The second kappa shape index (κ2) is 7.21. The molecule has 0 amide bonds. The highest BCUT2D eigenvalue weighted by atomic mass is 32.2. The third-order valence-corrected chi connectivity index (χ3v) is 7.70. The maximum atomic E-state index is 13.4. The third kappa shape index (κ3) is 3.99. The largest absolute Gasteiger partial charge is 0.496 e. The fourth-order valence-corrected chi connectivity index (χ4v) is 5.44. The summed E-state index contributed by atoms with van der Waals surface area (Å²) in [5.74, 6) is -0.347. The molecule has 0 aliphatic carbocycles. The molecule has 1 atom stereocenters. The minimum atomic E-state index is -3.89. The maximum Gasteiger partial charge on any atom is 0.211 e. The van der Waals surface area contributed by atoms with Crippen LogP contribution in [0.15, 0.2) is 52.3 Å². The average Bonchev–Trinajstić information content (AvgIpc) is 3.11. The fourth-order valence-electron chi connectivity index (χ4n) is 3.25. The van der Waals surface area contributed by atoms with E-state index in [0.29, 0.717) is 25.3 Å². The highest BCUT2D eigenvalue weighted by molar-refractivity contribution is 7.91. The van der Waals surface area contributed by atoms with E-state index in [9.17, 15) is 21.2 Å². The standard InChI is InChI=1S/C18H20FNO5S2/c1-25-18-11-16(27(23,24)15-5-3-4-14(19)10-15)6-7-17(18)13-8-9-20(12-13)26(2,21)22/h3-7,10-11,13H,8-9,12H2,1-2H3. The first-order valence-corrected chi connectivity index (χ1v) is 11.6. The number of hydrogen-bond donors (Lipinski definition) is 0. The van der Waals surface area contributed by atoms with Crippen molar-refractivity contribution < 1.29 is 26.0 Å². The van der Waals surface area contributed by atoms with Crippen molar-refractivity contribution in [2.75, 3.05) is 26.5 Å². The van der Waals surface area contributed by atoms with E-state index >= 15 is 0 Å². The molecule has 27 heavy (non-hydrogen) atoms. The van der Waals surface area contributed by atoms with Gasteiger partial charge in [0.2, 0.25) is 19.9 Å². The summed E-state index contributed by atoms with van der Waals surface area (Å²) in [6, 6.07) is 9.31. The van der Waals surface area contributed by atoms with E-state index in [1.54, 1.807) is 6.07 Å². The predicted molar refractivity (Wildman–Crippen MR) is 98.6 cm³/mol. The smallest absolute Gasteiger partial charge is 0.211 e. The van der Waals surface area contributed by atoms with Crippen LogP contribution in [0.5, 0.6) is 5.75 Å². The molecule has 0 saturated carbocycles. The molecule has 146 valence electrons. The van der Waals surface area contributed by atoms with Gasteiger partial charge in [-0.25, -0.2) is 25.5 Å². The zero-order valence-corrected chi connectivity index (χ0v) is 16.6. The lowest BCUT2D eigenvalue weighted by Gasteiger charge is -2.17. The molecule has 1 saturated heterocycles. The van der Waals surface area contributed by atoms with Crippen molar-refractivity contribution in [1.29, 1.82) is 0 Å². The Hall–Kier alpha value is -1.97. The van der Waals surface area contributed by atoms with Crippen LogP contribution in [0.4, 0.5) is 4.39 Å². The predicted octanol–water partition coefficient (Wildman–Crippen LogP) is 2.42. The lowest BCUT2D eigenvalue weighted by atomic mass is 9.97. The first kappa shape index (κ1) is 19.8. The number of ether oxygens (including phenoxy) is 1. The van der Waals surface area contributed by atoms with E-state index in [1.165, 1.54) is 48.0 Å². The molecule has 0 aromatic heterocycles. The number of sulfone groups is 1. The van der Waals surface area contributed by atoms with Crippen LogP contribution in [0.1, 0.15) is 17.9 Å². The summed E-state index contributed by atoms with van der Waals surface area (Å²) in [4.78, 5) is -0.145. The molecule has 9 heteroatoms. The Morgan fingerprint density at radius 2 is 1.78 bits per heavy atom. The van der Waals surface area contributed by atoms with Crippen LogP contribution in [0, 0.1) is 5.82 Å². The molecule has 1 aliphatic rings. The van der Waals surface area contributed by atoms with Gasteiger partial charge in [0.05, 0.1) is 23.2 Å². The average molecular weight is 413 g/mol. The fraction of sp³-hybridized carbons (Fsp3) is 0.333. The Kier molecular flexibility index (Phi) is 5.29. The summed E-state index contributed by atoms with van der Waals surface area (Å²) >= 11 is 0. The third-order valence-electron chi connectivity index (χ3n) is 4.68. The van der Waals surface area contributed by atoms with Gasteiger partial charge in [0.1, 0.15) is 11.6 Å². The zero-order chi connectivity index (χ0) is 19.8. The van der Waals surface area contributed by atoms with E-state index < -0.39 is 25.7 Å². The number of halogens is 1. The highest BCUT2D eigenvalue weighted by Gasteiger charge is 2.31. The number of nitrogens with zero attached hydrogens (tertiary/aromatic N) is 1. The monoisotopic (exact) mass is 413 g/mol. The Labute approximate surface area is 158 Å². The molecule has 0 N–H and O–H groups in total. The minimum absolute atomic E-state index is 0.00772. The molecule has 3 rings (SSSR count). The van der Waals surface area contributed by atoms with Crippen LogP contribution in [-0.4, -0.2) is 47.6 Å². The number of rotatable bonds is 5. The van der Waals surface area contributed by atoms with E-state index in [4.69, 9.17) is 4.74 Å². The Bertz CT molecular complexity index is 1070. The van der Waals surface area contributed by atoms with Crippen LogP contribution in [0.3, 0.4) is 0 Å². The van der Waals surface area contributed by atoms with Crippen molar-refractivity contribution in [2.24, 2.45) is 0 Å². The molecule has 2 aromatic rings. The SMILES string of the molecule is COc1cc(S(=O)(=O)c2cccc(F)c2)ccc1C1CCN(S(C)(=O)=O)C1. The number of sulfonamides is 1. The minimum Gasteiger partial charge on any atom is -0.496 e. The molecule has 1 heterocycles. The van der Waals surface area contributed by atoms with Gasteiger partial charge in [-0.15, -0.1) is 0 Å². The van der Waals surface area contributed by atoms with Crippen molar-refractivity contribution in [3.05, 3.63) is 53.8 Å². The maximum absolute atomic E-state index is 13.4. The highest BCUT2D eigenvalue weighted by Crippen LogP contribution is 2.36. The van der Waals surface area contributed by atoms with Crippen molar-refractivity contribution >= 4 is 19.9 Å². The molecule has 1 aliphatic heterocycles. The van der Waals surface area contributed by atoms with E-state index in [-0.39, 0.29) is 15.7 Å². The number of hydrogen-bond acceptors (Lipinski definition) is 5. The van der Waals surface area contributed by atoms with Gasteiger partial charge >= 0.3 is 0 Å². The van der Waals surface area contributed by atoms with Gasteiger partial charge in [0.15, 0.2) is 0 Å². The number of benzene rings is 2. The van der Waals surface area contributed by atoms with Crippen LogP contribution in [-0.2, 0) is 19.9 Å². The van der Waals surface area contributed by atoms with Gasteiger partial charge in [0, 0.05) is 19.0 Å². The number of methoxy groups -OCH3 is 1. The Morgan fingerprint density at radius 3 is 2.37 bits per heavy atom. The molecule has 0 radical (unpaired) electrons. The van der Waals surface area contributed by atoms with Gasteiger partial charge in [-0.3, -0.25) is 0 Å². The van der Waals surface area contributed by atoms with E-state index in [0.717, 1.165) is 11.6 Å². The normalized spacial score (nSPS) is 18.6. The van der Waals surface area contributed by atoms with Gasteiger partial charge in [0.25, 0.3) is 0 Å². The van der Waals surface area contributed by atoms with Gasteiger partial charge in [-0.1, -0.05) is 12.1 Å². The summed E-state index contributed by atoms with van der Waals surface area (Å²) in [6.07, 6.45) is 1.79. The summed E-state index contributed by atoms with van der Waals surface area (Å²) in [6.45, 7) is 0.737. The second-order valence-electron chi connectivity index (χ2n) is 6.47. The van der Waals surface area contributed by atoms with E-state index in [2.05, 4.69) is 0 Å². The van der Waals surface area contributed by atoms with Gasteiger partial charge in [-0.05, 0) is 42.3 Å². The molecule has 1 fully saturated rings. The zero-order valence-electron chi connectivity index (χ0n) is 14.9. The summed E-state index contributed by atoms with van der Waals surface area (Å²) in [5.41, 5.74) is 0.752. The van der Waals surface area contributed by atoms with E-state index in [1.807, 2.05) is 0 Å².